The average Bonchev–Trinajstić information content (AvgIpc) is 4.06. The van der Waals surface area contributed by atoms with Crippen LogP contribution in [0.5, 0.6) is 11.5 Å². The fourth-order valence-corrected chi connectivity index (χ4v) is 10.7. The molecule has 14 nitrogen and oxygen atoms in total. The van der Waals surface area contributed by atoms with Gasteiger partial charge >= 0.3 is 0 Å². The Morgan fingerprint density at radius 3 is 2.59 bits per heavy atom. The van der Waals surface area contributed by atoms with Crippen molar-refractivity contribution in [2.45, 2.75) is 106 Å². The van der Waals surface area contributed by atoms with E-state index in [-0.39, 0.29) is 49.8 Å². The number of nitrogens with one attached hydrogen (secondary N) is 2. The quantitative estimate of drug-likeness (QED) is 0.297. The number of morpholine rings is 1. The lowest BCUT2D eigenvalue weighted by Crippen LogP contribution is -2.57. The predicted molar refractivity (Wildman–Crippen MR) is 218 cm³/mol. The maximum Gasteiger partial charge on any atom is 0.259 e. The Morgan fingerprint density at radius 1 is 1.02 bits per heavy atom. The number of methoxy groups -OCH3 is 1. The summed E-state index contributed by atoms with van der Waals surface area (Å²) in [5.41, 5.74) is 0.704. The summed E-state index contributed by atoms with van der Waals surface area (Å²) in [6.07, 6.45) is 8.97. The number of hydrogen-bond donors (Lipinski definition) is 2. The highest BCUT2D eigenvalue weighted by Gasteiger charge is 2.62. The molecule has 5 fully saturated rings. The Balaban J connectivity index is 1.04. The molecule has 1 aromatic heterocycles. The maximum absolute atomic E-state index is 14.9. The van der Waals surface area contributed by atoms with E-state index in [4.69, 9.17) is 19.2 Å². The summed E-state index contributed by atoms with van der Waals surface area (Å²) < 4.78 is 46.2. The van der Waals surface area contributed by atoms with Crippen LogP contribution in [0.1, 0.15) is 70.6 Å². The van der Waals surface area contributed by atoms with Gasteiger partial charge in [0.15, 0.2) is 0 Å². The Labute approximate surface area is 344 Å². The largest absolute Gasteiger partial charge is 0.497 e. The van der Waals surface area contributed by atoms with Gasteiger partial charge in [0.05, 0.1) is 48.9 Å². The third-order valence-corrected chi connectivity index (χ3v) is 14.8. The van der Waals surface area contributed by atoms with Crippen molar-refractivity contribution in [3.8, 4) is 22.8 Å². The molecule has 5 heterocycles. The molecule has 3 aromatic rings. The number of aromatic nitrogens is 1. The van der Waals surface area contributed by atoms with Gasteiger partial charge in [0, 0.05) is 54.3 Å². The van der Waals surface area contributed by atoms with Crippen molar-refractivity contribution in [2.24, 2.45) is 11.8 Å². The normalized spacial score (nSPS) is 29.6. The van der Waals surface area contributed by atoms with E-state index in [1.165, 1.54) is 4.90 Å². The van der Waals surface area contributed by atoms with Gasteiger partial charge in [-0.25, -0.2) is 13.4 Å². The number of sulfonamides is 1. The molecule has 15 heteroatoms. The third-order valence-electron chi connectivity index (χ3n) is 12.9. The number of nitrogens with zero attached hydrogens (tertiary/aromatic N) is 3. The zero-order valence-corrected chi connectivity index (χ0v) is 34.0. The van der Waals surface area contributed by atoms with Crippen LogP contribution in [-0.2, 0) is 33.9 Å². The van der Waals surface area contributed by atoms with Crippen molar-refractivity contribution >= 4 is 44.6 Å². The molecule has 2 N–H and O–H groups in total. The van der Waals surface area contributed by atoms with Crippen LogP contribution < -0.4 is 19.5 Å². The van der Waals surface area contributed by atoms with Crippen LogP contribution in [0.15, 0.2) is 66.7 Å². The summed E-state index contributed by atoms with van der Waals surface area (Å²) in [5.74, 6) is -1.67. The summed E-state index contributed by atoms with van der Waals surface area (Å²) in [4.78, 5) is 65.6. The number of carbonyl (C=O) groups excluding carboxylic acids is 4. The number of fused-ring (bicyclic) bond motifs is 5. The first-order chi connectivity index (χ1) is 28.5. The summed E-state index contributed by atoms with van der Waals surface area (Å²) in [6, 6.07) is 16.0. The van der Waals surface area contributed by atoms with Crippen LogP contribution in [-0.4, -0.2) is 109 Å². The molecule has 2 unspecified atom stereocenters. The van der Waals surface area contributed by atoms with E-state index in [1.807, 2.05) is 71.6 Å². The molecule has 4 amide bonds. The zero-order valence-electron chi connectivity index (χ0n) is 33.2. The molecule has 2 saturated carbocycles. The molecule has 59 heavy (non-hydrogen) atoms. The minimum atomic E-state index is -3.89. The second-order valence-corrected chi connectivity index (χ2v) is 19.0. The average molecular weight is 826 g/mol. The molecule has 7 atom stereocenters. The van der Waals surface area contributed by atoms with Gasteiger partial charge in [-0.1, -0.05) is 55.3 Å². The first kappa shape index (κ1) is 39.4. The minimum Gasteiger partial charge on any atom is -0.497 e. The van der Waals surface area contributed by atoms with Crippen LogP contribution in [0.4, 0.5) is 0 Å². The lowest BCUT2D eigenvalue weighted by molar-refractivity contribution is -0.146. The number of likely N-dealkylation sites (tertiary alicyclic amines) is 1. The number of carbonyl (C=O) groups is 4. The highest BCUT2D eigenvalue weighted by Crippen LogP contribution is 2.46. The first-order valence-electron chi connectivity index (χ1n) is 21.0. The van der Waals surface area contributed by atoms with Crippen LogP contribution in [0, 0.1) is 11.8 Å². The van der Waals surface area contributed by atoms with E-state index in [9.17, 15) is 27.6 Å². The van der Waals surface area contributed by atoms with Crippen LogP contribution in [0.25, 0.3) is 22.2 Å². The van der Waals surface area contributed by atoms with Crippen molar-refractivity contribution < 1.29 is 41.8 Å². The third kappa shape index (κ3) is 8.03. The lowest BCUT2D eigenvalue weighted by Gasteiger charge is -2.31. The highest BCUT2D eigenvalue weighted by atomic mass is 32.2. The first-order valence-corrected chi connectivity index (χ1v) is 22.5. The van der Waals surface area contributed by atoms with Crippen molar-refractivity contribution in [1.82, 2.24) is 24.8 Å². The van der Waals surface area contributed by atoms with Crippen molar-refractivity contribution in [2.75, 3.05) is 26.8 Å². The number of hydrogen-bond acceptors (Lipinski definition) is 10. The molecule has 3 saturated heterocycles. The van der Waals surface area contributed by atoms with Gasteiger partial charge in [-0.3, -0.25) is 23.9 Å². The minimum absolute atomic E-state index is 0.00761. The Bertz CT molecular complexity index is 2280. The number of ether oxygens (including phenoxy) is 3. The molecule has 0 radical (unpaired) electrons. The van der Waals surface area contributed by atoms with Gasteiger partial charge in [0.1, 0.15) is 29.2 Å². The van der Waals surface area contributed by atoms with Gasteiger partial charge in [0.2, 0.25) is 27.7 Å². The molecule has 4 aliphatic heterocycles. The van der Waals surface area contributed by atoms with Crippen LogP contribution in [0.2, 0.25) is 0 Å². The fourth-order valence-electron chi connectivity index (χ4n) is 9.35. The molecular formula is C44H51N5O9S. The Morgan fingerprint density at radius 2 is 1.85 bits per heavy atom. The van der Waals surface area contributed by atoms with Gasteiger partial charge in [-0.15, -0.1) is 0 Å². The summed E-state index contributed by atoms with van der Waals surface area (Å²) in [7, 11) is -2.30. The second-order valence-electron chi connectivity index (χ2n) is 17.0. The molecule has 0 spiro atoms. The van der Waals surface area contributed by atoms with E-state index in [1.54, 1.807) is 7.11 Å². The van der Waals surface area contributed by atoms with Crippen molar-refractivity contribution in [3.63, 3.8) is 0 Å². The molecule has 2 bridgehead atoms. The highest BCUT2D eigenvalue weighted by molar-refractivity contribution is 7.91. The molecule has 2 aliphatic carbocycles. The molecule has 6 aliphatic rings. The number of allylic oxidation sites excluding steroid dienone is 1. The Hall–Kier alpha value is -5.02. The van der Waals surface area contributed by atoms with Crippen LogP contribution >= 0.6 is 0 Å². The second kappa shape index (κ2) is 15.9. The number of rotatable bonds is 9. The number of pyridine rings is 1. The maximum atomic E-state index is 14.9. The fraction of sp³-hybridized carbons (Fsp3) is 0.523. The molecule has 312 valence electrons. The van der Waals surface area contributed by atoms with Crippen molar-refractivity contribution in [3.05, 3.63) is 66.7 Å². The van der Waals surface area contributed by atoms with E-state index in [0.717, 1.165) is 43.1 Å². The summed E-state index contributed by atoms with van der Waals surface area (Å²) in [6.45, 7) is 1.07. The van der Waals surface area contributed by atoms with E-state index in [0.29, 0.717) is 55.1 Å². The summed E-state index contributed by atoms with van der Waals surface area (Å²) >= 11 is 0. The van der Waals surface area contributed by atoms with E-state index < -0.39 is 56.6 Å². The SMILES string of the molecule is COc1ccc2c(O[C@@H]3C[C@H]4C(=O)N[C@]5(C(=O)NS(=O)(=O)C6CC6)C[C@H]5C=CCCCCC[C@H](CC(=O)N5CC6CC5CO6)C(=O)N4C3)cc(-c3ccccc3)nc2c1. The van der Waals surface area contributed by atoms with E-state index in [2.05, 4.69) is 10.0 Å². The topological polar surface area (TPSA) is 174 Å². The molecule has 2 aromatic carbocycles. The van der Waals surface area contributed by atoms with E-state index >= 15 is 0 Å². The summed E-state index contributed by atoms with van der Waals surface area (Å²) in [5, 5.41) is 3.06. The van der Waals surface area contributed by atoms with Crippen LogP contribution in [0.3, 0.4) is 0 Å². The zero-order chi connectivity index (χ0) is 40.9. The standard InChI is InChI=1S/C44H51N5O9S/c1-56-31-14-17-35-37(20-31)45-36(27-10-7-5-8-11-27)22-39(35)58-33-21-38-41(51)46-44(43(53)47-59(54,55)34-15-16-34)23-29(44)13-9-4-2-3-6-12-28(42(52)49(38)25-33)18-40(50)48-24-32-19-30(48)26-57-32/h5,7-11,13-14,17,20,22,28-30,32-34,38H,2-4,6,12,15-16,18-19,21,23-26H2,1H3,(H,46,51)(H,47,53)/t28-,29-,30?,32?,33-,38+,44-/m1/s1. The van der Waals surface area contributed by atoms with Gasteiger partial charge < -0.3 is 29.3 Å². The molecule has 9 rings (SSSR count). The van der Waals surface area contributed by atoms with Gasteiger partial charge in [-0.2, -0.15) is 0 Å². The number of amides is 4. The number of benzene rings is 2. The smallest absolute Gasteiger partial charge is 0.259 e. The van der Waals surface area contributed by atoms with Crippen molar-refractivity contribution in [1.29, 1.82) is 0 Å². The lowest BCUT2D eigenvalue weighted by atomic mass is 9.94. The molecular weight excluding hydrogens is 775 g/mol. The predicted octanol–water partition coefficient (Wildman–Crippen LogP) is 4.27. The van der Waals surface area contributed by atoms with Gasteiger partial charge in [-0.05, 0) is 57.1 Å². The monoisotopic (exact) mass is 825 g/mol. The Kier molecular flexibility index (Phi) is 10.6. The van der Waals surface area contributed by atoms with Gasteiger partial charge in [0.25, 0.3) is 5.91 Å².